The van der Waals surface area contributed by atoms with Crippen molar-refractivity contribution in [2.24, 2.45) is 12.8 Å². The number of fused-ring (bicyclic) bond motifs is 1. The number of anilines is 1. The van der Waals surface area contributed by atoms with Crippen LogP contribution in [0.5, 0.6) is 0 Å². The number of nitrogens with zero attached hydrogens (tertiary/aromatic N) is 1. The third kappa shape index (κ3) is 2.82. The quantitative estimate of drug-likeness (QED) is 0.507. The zero-order valence-corrected chi connectivity index (χ0v) is 11.4. The summed E-state index contributed by atoms with van der Waals surface area (Å²) in [4.78, 5) is 0. The average molecular weight is 329 g/mol. The summed E-state index contributed by atoms with van der Waals surface area (Å²) in [6.07, 6.45) is 2.05. The van der Waals surface area contributed by atoms with Crippen LogP contribution in [0.2, 0.25) is 0 Å². The molecule has 3 N–H and O–H groups in total. The normalized spacial score (nSPS) is 9.88. The summed E-state index contributed by atoms with van der Waals surface area (Å²) in [7, 11) is 2.05. The summed E-state index contributed by atoms with van der Waals surface area (Å²) in [5.41, 5.74) is 7.79. The van der Waals surface area contributed by atoms with Gasteiger partial charge in [-0.1, -0.05) is 0 Å². The molecule has 1 aromatic carbocycles. The molecule has 16 heavy (non-hydrogen) atoms. The zero-order valence-electron chi connectivity index (χ0n) is 9.28. The van der Waals surface area contributed by atoms with Gasteiger partial charge in [-0.15, -0.1) is 0 Å². The molecule has 1 aromatic heterocycles. The molecule has 0 radical (unpaired) electrons. The summed E-state index contributed by atoms with van der Waals surface area (Å²) in [6.45, 7) is 1.46. The molecule has 0 amide bonds. The van der Waals surface area contributed by atoms with E-state index in [9.17, 15) is 0 Å². The SMILES string of the molecule is C[n+]1cccc2ccc(NCCN)cc21.[I-]. The van der Waals surface area contributed by atoms with E-state index >= 15 is 0 Å². The molecule has 0 unspecified atom stereocenters. The van der Waals surface area contributed by atoms with Gasteiger partial charge < -0.3 is 35.0 Å². The maximum absolute atomic E-state index is 5.45. The first-order valence-electron chi connectivity index (χ1n) is 5.13. The van der Waals surface area contributed by atoms with Gasteiger partial charge in [0.2, 0.25) is 5.52 Å². The maximum Gasteiger partial charge on any atom is 0.214 e. The van der Waals surface area contributed by atoms with E-state index in [-0.39, 0.29) is 24.0 Å². The summed E-state index contributed by atoms with van der Waals surface area (Å²) in [6, 6.07) is 10.5. The van der Waals surface area contributed by atoms with E-state index in [1.807, 2.05) is 0 Å². The van der Waals surface area contributed by atoms with Gasteiger partial charge in [0.05, 0.1) is 0 Å². The van der Waals surface area contributed by atoms with Crippen LogP contribution in [0.1, 0.15) is 0 Å². The van der Waals surface area contributed by atoms with Gasteiger partial charge in [-0.2, -0.15) is 0 Å². The number of nitrogens with two attached hydrogens (primary N) is 1. The van der Waals surface area contributed by atoms with Crippen molar-refractivity contribution in [2.75, 3.05) is 18.4 Å². The van der Waals surface area contributed by atoms with Gasteiger partial charge in [0.15, 0.2) is 6.20 Å². The minimum Gasteiger partial charge on any atom is -1.00 e. The Balaban J connectivity index is 0.00000128. The molecule has 0 aliphatic carbocycles. The van der Waals surface area contributed by atoms with Crippen molar-refractivity contribution in [1.29, 1.82) is 0 Å². The van der Waals surface area contributed by atoms with Crippen molar-refractivity contribution >= 4 is 16.6 Å². The number of hydrogen-bond donors (Lipinski definition) is 2. The minimum absolute atomic E-state index is 0. The molecule has 0 bridgehead atoms. The van der Waals surface area contributed by atoms with E-state index in [0.717, 1.165) is 12.2 Å². The molecule has 0 aliphatic rings. The summed E-state index contributed by atoms with van der Waals surface area (Å²) in [5, 5.41) is 4.52. The molecule has 0 saturated carbocycles. The van der Waals surface area contributed by atoms with Gasteiger partial charge in [0.25, 0.3) is 0 Å². The largest absolute Gasteiger partial charge is 1.00 e. The summed E-state index contributed by atoms with van der Waals surface area (Å²) in [5.74, 6) is 0. The van der Waals surface area contributed by atoms with Crippen molar-refractivity contribution in [3.8, 4) is 0 Å². The molecule has 1 heterocycles. The smallest absolute Gasteiger partial charge is 0.214 e. The van der Waals surface area contributed by atoms with E-state index in [2.05, 4.69) is 53.5 Å². The van der Waals surface area contributed by atoms with Crippen LogP contribution in [0, 0.1) is 0 Å². The lowest BCUT2D eigenvalue weighted by molar-refractivity contribution is -0.644. The fourth-order valence-electron chi connectivity index (χ4n) is 1.67. The highest BCUT2D eigenvalue weighted by atomic mass is 127. The third-order valence-corrected chi connectivity index (χ3v) is 2.47. The highest BCUT2D eigenvalue weighted by molar-refractivity contribution is 5.79. The lowest BCUT2D eigenvalue weighted by atomic mass is 10.2. The molecular weight excluding hydrogens is 313 g/mol. The number of halogens is 1. The molecule has 2 aromatic rings. The van der Waals surface area contributed by atoms with Gasteiger partial charge >= 0.3 is 0 Å². The van der Waals surface area contributed by atoms with Crippen molar-refractivity contribution < 1.29 is 28.5 Å². The third-order valence-electron chi connectivity index (χ3n) is 2.47. The van der Waals surface area contributed by atoms with Gasteiger partial charge in [0, 0.05) is 36.3 Å². The van der Waals surface area contributed by atoms with E-state index in [1.54, 1.807) is 0 Å². The van der Waals surface area contributed by atoms with Gasteiger partial charge in [-0.05, 0) is 18.2 Å². The van der Waals surface area contributed by atoms with E-state index in [1.165, 1.54) is 10.9 Å². The first-order valence-corrected chi connectivity index (χ1v) is 5.13. The number of aryl methyl sites for hydroxylation is 1. The second-order valence-corrected chi connectivity index (χ2v) is 3.61. The molecule has 0 atom stereocenters. The van der Waals surface area contributed by atoms with Crippen molar-refractivity contribution in [1.82, 2.24) is 0 Å². The van der Waals surface area contributed by atoms with Crippen LogP contribution in [0.3, 0.4) is 0 Å². The Hall–Kier alpha value is -0.880. The number of aromatic nitrogens is 1. The van der Waals surface area contributed by atoms with Crippen molar-refractivity contribution in [3.05, 3.63) is 36.5 Å². The molecule has 0 spiro atoms. The molecule has 0 aliphatic heterocycles. The minimum atomic E-state index is 0. The monoisotopic (exact) mass is 329 g/mol. The molecular formula is C12H16IN3. The Morgan fingerprint density at radius 1 is 1.31 bits per heavy atom. The Bertz CT molecular complexity index is 471. The average Bonchev–Trinajstić information content (AvgIpc) is 2.27. The van der Waals surface area contributed by atoms with Gasteiger partial charge in [-0.3, -0.25) is 0 Å². The number of hydrogen-bond acceptors (Lipinski definition) is 2. The molecule has 4 heteroatoms. The highest BCUT2D eigenvalue weighted by Crippen LogP contribution is 2.15. The topological polar surface area (TPSA) is 41.9 Å². The first-order chi connectivity index (χ1) is 7.31. The zero-order chi connectivity index (χ0) is 10.7. The Morgan fingerprint density at radius 2 is 2.12 bits per heavy atom. The van der Waals surface area contributed by atoms with Crippen LogP contribution in [0.15, 0.2) is 36.5 Å². The van der Waals surface area contributed by atoms with Crippen LogP contribution >= 0.6 is 0 Å². The van der Waals surface area contributed by atoms with Crippen LogP contribution < -0.4 is 39.6 Å². The fourth-order valence-corrected chi connectivity index (χ4v) is 1.67. The fraction of sp³-hybridized carbons (Fsp3) is 0.250. The Kier molecular flexibility index (Phi) is 4.95. The van der Waals surface area contributed by atoms with E-state index in [4.69, 9.17) is 5.73 Å². The second kappa shape index (κ2) is 6.00. The van der Waals surface area contributed by atoms with E-state index < -0.39 is 0 Å². The van der Waals surface area contributed by atoms with Crippen LogP contribution in [-0.4, -0.2) is 13.1 Å². The highest BCUT2D eigenvalue weighted by Gasteiger charge is 2.04. The van der Waals surface area contributed by atoms with Gasteiger partial charge in [0.1, 0.15) is 7.05 Å². The molecule has 2 rings (SSSR count). The number of pyridine rings is 1. The van der Waals surface area contributed by atoms with Crippen LogP contribution in [-0.2, 0) is 7.05 Å². The number of rotatable bonds is 3. The molecule has 0 fully saturated rings. The summed E-state index contributed by atoms with van der Waals surface area (Å²) >= 11 is 0. The first kappa shape index (κ1) is 13.2. The van der Waals surface area contributed by atoms with Crippen LogP contribution in [0.4, 0.5) is 5.69 Å². The number of benzene rings is 1. The van der Waals surface area contributed by atoms with Crippen LogP contribution in [0.25, 0.3) is 10.9 Å². The van der Waals surface area contributed by atoms with Crippen molar-refractivity contribution in [3.63, 3.8) is 0 Å². The van der Waals surface area contributed by atoms with Gasteiger partial charge in [-0.25, -0.2) is 4.57 Å². The standard InChI is InChI=1S/C12H15N3.HI/c1-15-8-2-3-10-4-5-11(9-12(10)15)14-7-6-13;/h2-5,8-9H,6-7,13H2,1H3;1H. The molecule has 3 nitrogen and oxygen atoms in total. The summed E-state index contributed by atoms with van der Waals surface area (Å²) < 4.78 is 2.11. The predicted octanol–water partition coefficient (Wildman–Crippen LogP) is -1.96. The molecule has 86 valence electrons. The predicted molar refractivity (Wildman–Crippen MR) is 62.7 cm³/mol. The lowest BCUT2D eigenvalue weighted by Gasteiger charge is -2.04. The Morgan fingerprint density at radius 3 is 2.88 bits per heavy atom. The van der Waals surface area contributed by atoms with Crippen molar-refractivity contribution in [2.45, 2.75) is 0 Å². The lowest BCUT2D eigenvalue weighted by Crippen LogP contribution is -3.00. The Labute approximate surface area is 113 Å². The number of nitrogens with one attached hydrogen (secondary N) is 1. The van der Waals surface area contributed by atoms with E-state index in [0.29, 0.717) is 6.54 Å². The molecule has 0 saturated heterocycles. The second-order valence-electron chi connectivity index (χ2n) is 3.61. The maximum atomic E-state index is 5.45.